The summed E-state index contributed by atoms with van der Waals surface area (Å²) in [6.45, 7) is 11.9. The fraction of sp³-hybridized carbons (Fsp3) is 0.923. The maximum Gasteiger partial charge on any atom is 0.156 e. The van der Waals surface area contributed by atoms with Gasteiger partial charge in [0.15, 0.2) is 5.84 Å². The van der Waals surface area contributed by atoms with E-state index in [0.29, 0.717) is 5.84 Å². The first kappa shape index (κ1) is 15.2. The van der Waals surface area contributed by atoms with Crippen molar-refractivity contribution >= 4 is 5.84 Å². The molecule has 3 N–H and O–H groups in total. The van der Waals surface area contributed by atoms with Crippen molar-refractivity contribution in [1.29, 1.82) is 0 Å². The topological polar surface area (TPSA) is 65.1 Å². The molecule has 1 fully saturated rings. The van der Waals surface area contributed by atoms with Gasteiger partial charge in [-0.05, 0) is 19.3 Å². The third-order valence-electron chi connectivity index (χ3n) is 3.85. The van der Waals surface area contributed by atoms with Crippen molar-refractivity contribution in [2.45, 2.75) is 39.7 Å². The first-order chi connectivity index (χ1) is 8.58. The predicted molar refractivity (Wildman–Crippen MR) is 75.0 cm³/mol. The number of nitrogens with zero attached hydrogens (tertiary/aromatic N) is 3. The SMILES string of the molecule is CCCC(C)CN1CCN(C(C)C(N)=NO)CC1. The van der Waals surface area contributed by atoms with Gasteiger partial charge in [0, 0.05) is 32.7 Å². The van der Waals surface area contributed by atoms with Crippen molar-refractivity contribution in [3.8, 4) is 0 Å². The summed E-state index contributed by atoms with van der Waals surface area (Å²) in [6, 6.07) is 0.0326. The van der Waals surface area contributed by atoms with Crippen LogP contribution in [0.2, 0.25) is 0 Å². The van der Waals surface area contributed by atoms with Gasteiger partial charge in [-0.3, -0.25) is 4.90 Å². The van der Waals surface area contributed by atoms with Crippen LogP contribution >= 0.6 is 0 Å². The molecule has 0 amide bonds. The molecule has 5 nitrogen and oxygen atoms in total. The van der Waals surface area contributed by atoms with Crippen LogP contribution in [0.15, 0.2) is 5.16 Å². The van der Waals surface area contributed by atoms with Crippen molar-refractivity contribution in [1.82, 2.24) is 9.80 Å². The Morgan fingerprint density at radius 3 is 2.39 bits per heavy atom. The third kappa shape index (κ3) is 4.46. The molecular weight excluding hydrogens is 228 g/mol. The van der Waals surface area contributed by atoms with Gasteiger partial charge >= 0.3 is 0 Å². The van der Waals surface area contributed by atoms with Crippen LogP contribution in [0.5, 0.6) is 0 Å². The van der Waals surface area contributed by atoms with E-state index in [2.05, 4.69) is 28.8 Å². The molecule has 0 radical (unpaired) electrons. The molecule has 0 bridgehead atoms. The Balaban J connectivity index is 2.32. The zero-order valence-corrected chi connectivity index (χ0v) is 12.0. The molecule has 1 saturated heterocycles. The number of hydrogen-bond acceptors (Lipinski definition) is 4. The number of piperazine rings is 1. The highest BCUT2D eigenvalue weighted by Gasteiger charge is 2.23. The minimum Gasteiger partial charge on any atom is -0.409 e. The molecule has 0 spiro atoms. The summed E-state index contributed by atoms with van der Waals surface area (Å²) >= 11 is 0. The van der Waals surface area contributed by atoms with Crippen molar-refractivity contribution in [3.63, 3.8) is 0 Å². The summed E-state index contributed by atoms with van der Waals surface area (Å²) < 4.78 is 0. The molecule has 0 aromatic rings. The van der Waals surface area contributed by atoms with Gasteiger partial charge in [0.2, 0.25) is 0 Å². The van der Waals surface area contributed by atoms with Crippen LogP contribution in [-0.4, -0.2) is 59.6 Å². The zero-order chi connectivity index (χ0) is 13.5. The van der Waals surface area contributed by atoms with Crippen molar-refractivity contribution in [3.05, 3.63) is 0 Å². The van der Waals surface area contributed by atoms with Crippen LogP contribution in [0, 0.1) is 5.92 Å². The van der Waals surface area contributed by atoms with E-state index in [1.54, 1.807) is 0 Å². The van der Waals surface area contributed by atoms with Gasteiger partial charge in [-0.25, -0.2) is 0 Å². The van der Waals surface area contributed by atoms with Crippen LogP contribution < -0.4 is 5.73 Å². The van der Waals surface area contributed by atoms with Gasteiger partial charge in [-0.2, -0.15) is 0 Å². The first-order valence-corrected chi connectivity index (χ1v) is 7.02. The first-order valence-electron chi connectivity index (χ1n) is 7.02. The molecule has 0 aromatic carbocycles. The Hall–Kier alpha value is -0.810. The molecule has 0 aromatic heterocycles. The van der Waals surface area contributed by atoms with Crippen molar-refractivity contribution < 1.29 is 5.21 Å². The number of oxime groups is 1. The molecule has 2 atom stereocenters. The van der Waals surface area contributed by atoms with Crippen LogP contribution in [0.25, 0.3) is 0 Å². The fourth-order valence-corrected chi connectivity index (χ4v) is 2.63. The lowest BCUT2D eigenvalue weighted by molar-refractivity contribution is 0.108. The Morgan fingerprint density at radius 1 is 1.28 bits per heavy atom. The lowest BCUT2D eigenvalue weighted by atomic mass is 10.1. The van der Waals surface area contributed by atoms with Gasteiger partial charge < -0.3 is 15.8 Å². The van der Waals surface area contributed by atoms with Gasteiger partial charge in [0.1, 0.15) is 0 Å². The molecule has 1 aliphatic heterocycles. The average Bonchev–Trinajstić information content (AvgIpc) is 2.38. The van der Waals surface area contributed by atoms with Gasteiger partial charge in [-0.15, -0.1) is 0 Å². The van der Waals surface area contributed by atoms with Crippen LogP contribution in [0.1, 0.15) is 33.6 Å². The second-order valence-electron chi connectivity index (χ2n) is 5.43. The summed E-state index contributed by atoms with van der Waals surface area (Å²) in [7, 11) is 0. The zero-order valence-electron chi connectivity index (χ0n) is 12.0. The van der Waals surface area contributed by atoms with E-state index >= 15 is 0 Å². The molecule has 5 heteroatoms. The van der Waals surface area contributed by atoms with E-state index in [1.165, 1.54) is 19.4 Å². The Kier molecular flexibility index (Phi) is 6.43. The van der Waals surface area contributed by atoms with Crippen molar-refractivity contribution in [2.24, 2.45) is 16.8 Å². The lowest BCUT2D eigenvalue weighted by Gasteiger charge is -2.38. The van der Waals surface area contributed by atoms with Gasteiger partial charge in [0.25, 0.3) is 0 Å². The highest BCUT2D eigenvalue weighted by Crippen LogP contribution is 2.11. The van der Waals surface area contributed by atoms with Crippen LogP contribution in [0.3, 0.4) is 0 Å². The Morgan fingerprint density at radius 2 is 1.89 bits per heavy atom. The molecule has 1 heterocycles. The Labute approximate surface area is 111 Å². The molecule has 0 aliphatic carbocycles. The molecule has 1 rings (SSSR count). The monoisotopic (exact) mass is 256 g/mol. The smallest absolute Gasteiger partial charge is 0.156 e. The highest BCUT2D eigenvalue weighted by atomic mass is 16.4. The fourth-order valence-electron chi connectivity index (χ4n) is 2.63. The van der Waals surface area contributed by atoms with E-state index in [9.17, 15) is 0 Å². The van der Waals surface area contributed by atoms with Crippen LogP contribution in [0.4, 0.5) is 0 Å². The number of nitrogens with two attached hydrogens (primary N) is 1. The maximum atomic E-state index is 8.69. The van der Waals surface area contributed by atoms with E-state index < -0.39 is 0 Å². The molecule has 2 unspecified atom stereocenters. The highest BCUT2D eigenvalue weighted by molar-refractivity contribution is 5.84. The summed E-state index contributed by atoms with van der Waals surface area (Å²) in [6.07, 6.45) is 2.57. The summed E-state index contributed by atoms with van der Waals surface area (Å²) in [5.74, 6) is 1.09. The molecule has 18 heavy (non-hydrogen) atoms. The Bertz CT molecular complexity index is 262. The van der Waals surface area contributed by atoms with Gasteiger partial charge in [0.05, 0.1) is 6.04 Å². The van der Waals surface area contributed by atoms with Crippen molar-refractivity contribution in [2.75, 3.05) is 32.7 Å². The van der Waals surface area contributed by atoms with E-state index in [4.69, 9.17) is 10.9 Å². The van der Waals surface area contributed by atoms with E-state index in [-0.39, 0.29) is 6.04 Å². The van der Waals surface area contributed by atoms with E-state index in [1.807, 2.05) is 6.92 Å². The van der Waals surface area contributed by atoms with Gasteiger partial charge in [-0.1, -0.05) is 25.4 Å². The summed E-state index contributed by atoms with van der Waals surface area (Å²) in [5, 5.41) is 11.8. The molecule has 0 saturated carbocycles. The molecule has 106 valence electrons. The number of hydrogen-bond donors (Lipinski definition) is 2. The molecular formula is C13H28N4O. The predicted octanol–water partition coefficient (Wildman–Crippen LogP) is 1.18. The number of amidine groups is 1. The van der Waals surface area contributed by atoms with Crippen LogP contribution in [-0.2, 0) is 0 Å². The third-order valence-corrected chi connectivity index (χ3v) is 3.85. The standard InChI is InChI=1S/C13H28N4O/c1-4-5-11(2)10-16-6-8-17(9-7-16)12(3)13(14)15-18/h11-12,18H,4-10H2,1-3H3,(H2,14,15). The average molecular weight is 256 g/mol. The van der Waals surface area contributed by atoms with E-state index in [0.717, 1.165) is 32.1 Å². The second kappa shape index (κ2) is 7.59. The maximum absolute atomic E-state index is 8.69. The largest absolute Gasteiger partial charge is 0.409 e. The quantitative estimate of drug-likeness (QED) is 0.324. The summed E-state index contributed by atoms with van der Waals surface area (Å²) in [4.78, 5) is 4.80. The summed E-state index contributed by atoms with van der Waals surface area (Å²) in [5.41, 5.74) is 5.65. The minimum absolute atomic E-state index is 0.0326. The molecule has 1 aliphatic rings. The normalized spacial score (nSPS) is 22.9. The number of rotatable bonds is 6. The minimum atomic E-state index is 0.0326. The second-order valence-corrected chi connectivity index (χ2v) is 5.43. The lowest BCUT2D eigenvalue weighted by Crippen LogP contribution is -2.53.